The molecule has 1 heteroatoms. The average Bonchev–Trinajstić information content (AvgIpc) is 3.20. The second-order valence-corrected chi connectivity index (χ2v) is 7.08. The first-order valence-electron chi connectivity index (χ1n) is 6.09. The van der Waals surface area contributed by atoms with Crippen molar-refractivity contribution in [2.75, 3.05) is 12.3 Å². The molecule has 1 fully saturated rings. The Balaban J connectivity index is 2.23. The van der Waals surface area contributed by atoms with E-state index in [0.29, 0.717) is 0 Å². The summed E-state index contributed by atoms with van der Waals surface area (Å²) in [7, 11) is 0.155. The summed E-state index contributed by atoms with van der Waals surface area (Å²) in [5.74, 6) is 0. The van der Waals surface area contributed by atoms with Crippen LogP contribution in [0.15, 0.2) is 54.6 Å². The van der Waals surface area contributed by atoms with Gasteiger partial charge in [-0.15, -0.1) is 0 Å². The predicted octanol–water partition coefficient (Wildman–Crippen LogP) is 4.11. The van der Waals surface area contributed by atoms with Gasteiger partial charge < -0.3 is 0 Å². The first-order chi connectivity index (χ1) is 8.43. The molecule has 4 rings (SSSR count). The van der Waals surface area contributed by atoms with E-state index in [1.807, 2.05) is 0 Å². The summed E-state index contributed by atoms with van der Waals surface area (Å²) in [6.45, 7) is 0. The number of fused-ring (bicyclic) bond motifs is 2. The van der Waals surface area contributed by atoms with Crippen LogP contribution in [0.25, 0.3) is 21.5 Å². The zero-order chi connectivity index (χ0) is 11.2. The smallest absolute Gasteiger partial charge is 0.00839 e. The zero-order valence-corrected chi connectivity index (χ0v) is 10.5. The maximum Gasteiger partial charge on any atom is -0.00839 e. The van der Waals surface area contributed by atoms with Crippen molar-refractivity contribution in [3.63, 3.8) is 0 Å². The van der Waals surface area contributed by atoms with Gasteiger partial charge in [-0.3, -0.25) is 0 Å². The predicted molar refractivity (Wildman–Crippen MR) is 77.7 cm³/mol. The van der Waals surface area contributed by atoms with E-state index in [0.717, 1.165) is 0 Å². The van der Waals surface area contributed by atoms with Gasteiger partial charge in [-0.2, -0.15) is 0 Å². The summed E-state index contributed by atoms with van der Waals surface area (Å²) in [4.78, 5) is 0. The van der Waals surface area contributed by atoms with Crippen molar-refractivity contribution in [3.05, 3.63) is 54.6 Å². The van der Waals surface area contributed by atoms with Crippen molar-refractivity contribution in [1.82, 2.24) is 0 Å². The summed E-state index contributed by atoms with van der Waals surface area (Å²) < 4.78 is 0. The van der Waals surface area contributed by atoms with Gasteiger partial charge in [0.25, 0.3) is 0 Å². The maximum atomic E-state index is 2.33. The van der Waals surface area contributed by atoms with Gasteiger partial charge in [-0.25, -0.2) is 0 Å². The lowest BCUT2D eigenvalue weighted by Gasteiger charge is -2.10. The van der Waals surface area contributed by atoms with Crippen LogP contribution in [0.3, 0.4) is 0 Å². The van der Waals surface area contributed by atoms with E-state index in [1.165, 1.54) is 33.9 Å². The highest BCUT2D eigenvalue weighted by atomic mass is 31.1. The van der Waals surface area contributed by atoms with Crippen molar-refractivity contribution < 1.29 is 0 Å². The molecule has 0 bridgehead atoms. The van der Waals surface area contributed by atoms with E-state index >= 15 is 0 Å². The minimum atomic E-state index is 0.155. The van der Waals surface area contributed by atoms with Gasteiger partial charge in [-0.1, -0.05) is 56.5 Å². The topological polar surface area (TPSA) is 0 Å². The van der Waals surface area contributed by atoms with Crippen LogP contribution in [0.2, 0.25) is 0 Å². The van der Waals surface area contributed by atoms with Gasteiger partial charge in [0.05, 0.1) is 0 Å². The Morgan fingerprint density at radius 2 is 1.24 bits per heavy atom. The molecule has 17 heavy (non-hydrogen) atoms. The molecule has 1 aliphatic heterocycles. The van der Waals surface area contributed by atoms with Crippen LogP contribution in [0, 0.1) is 0 Å². The molecule has 0 amide bonds. The van der Waals surface area contributed by atoms with Crippen LogP contribution < -0.4 is 5.30 Å². The van der Waals surface area contributed by atoms with E-state index < -0.39 is 0 Å². The van der Waals surface area contributed by atoms with Crippen molar-refractivity contribution in [2.45, 2.75) is 0 Å². The van der Waals surface area contributed by atoms with E-state index in [9.17, 15) is 0 Å². The highest BCUT2D eigenvalue weighted by molar-refractivity contribution is 7.73. The Morgan fingerprint density at radius 3 is 1.76 bits per heavy atom. The molecule has 0 nitrogen and oxygen atoms in total. The third-order valence-electron chi connectivity index (χ3n) is 3.51. The number of rotatable bonds is 1. The van der Waals surface area contributed by atoms with Gasteiger partial charge in [0.2, 0.25) is 0 Å². The summed E-state index contributed by atoms with van der Waals surface area (Å²) in [6, 6.07) is 20.0. The number of hydrogen-bond donors (Lipinski definition) is 0. The standard InChI is InChI=1S/C16H13P/c1-3-7-14-12(5-1)11-13-6-2-4-8-15(13)16(14)17-9-10-17/h1-8,11H,9-10H2. The fourth-order valence-corrected chi connectivity index (χ4v) is 4.54. The Kier molecular flexibility index (Phi) is 2.01. The lowest BCUT2D eigenvalue weighted by molar-refractivity contribution is 1.75. The highest BCUT2D eigenvalue weighted by Gasteiger charge is 2.26. The summed E-state index contributed by atoms with van der Waals surface area (Å²) in [5.41, 5.74) is 0. The summed E-state index contributed by atoms with van der Waals surface area (Å²) in [6.07, 6.45) is 2.85. The molecule has 0 unspecified atom stereocenters. The Hall–Kier alpha value is -1.39. The second kappa shape index (κ2) is 3.55. The Bertz CT molecular complexity index is 657. The third kappa shape index (κ3) is 1.48. The molecule has 82 valence electrons. The Labute approximate surface area is 102 Å². The third-order valence-corrected chi connectivity index (χ3v) is 5.51. The molecule has 1 saturated heterocycles. The minimum Gasteiger partial charge on any atom is -0.0732 e. The van der Waals surface area contributed by atoms with Crippen molar-refractivity contribution >= 4 is 34.8 Å². The fourth-order valence-electron chi connectivity index (χ4n) is 2.60. The van der Waals surface area contributed by atoms with Crippen molar-refractivity contribution in [3.8, 4) is 0 Å². The normalized spacial score (nSPS) is 15.5. The second-order valence-electron chi connectivity index (χ2n) is 4.65. The van der Waals surface area contributed by atoms with E-state index in [2.05, 4.69) is 54.6 Å². The van der Waals surface area contributed by atoms with Gasteiger partial charge in [0.1, 0.15) is 0 Å². The fraction of sp³-hybridized carbons (Fsp3) is 0.125. The van der Waals surface area contributed by atoms with Crippen LogP contribution in [0.4, 0.5) is 0 Å². The molecule has 3 aromatic carbocycles. The molecular formula is C16H13P. The van der Waals surface area contributed by atoms with Crippen LogP contribution in [-0.4, -0.2) is 12.3 Å². The Morgan fingerprint density at radius 1 is 0.706 bits per heavy atom. The molecule has 0 spiro atoms. The molecular weight excluding hydrogens is 223 g/mol. The molecule has 3 aromatic rings. The van der Waals surface area contributed by atoms with Crippen LogP contribution in [0.5, 0.6) is 0 Å². The number of benzene rings is 3. The van der Waals surface area contributed by atoms with Crippen LogP contribution in [0.1, 0.15) is 0 Å². The molecule has 0 radical (unpaired) electrons. The molecule has 0 aromatic heterocycles. The quantitative estimate of drug-likeness (QED) is 0.440. The largest absolute Gasteiger partial charge is 0.0732 e. The summed E-state index contributed by atoms with van der Waals surface area (Å²) in [5, 5.41) is 7.41. The molecule has 0 aliphatic carbocycles. The monoisotopic (exact) mass is 236 g/mol. The summed E-state index contributed by atoms with van der Waals surface area (Å²) >= 11 is 0. The van der Waals surface area contributed by atoms with Crippen LogP contribution in [-0.2, 0) is 0 Å². The lowest BCUT2D eigenvalue weighted by atomic mass is 10.0. The van der Waals surface area contributed by atoms with Crippen molar-refractivity contribution in [2.24, 2.45) is 0 Å². The first-order valence-corrected chi connectivity index (χ1v) is 7.80. The zero-order valence-electron chi connectivity index (χ0n) is 9.56. The molecule has 0 atom stereocenters. The number of hydrogen-bond acceptors (Lipinski definition) is 0. The van der Waals surface area contributed by atoms with Gasteiger partial charge in [0, 0.05) is 0 Å². The molecule has 1 heterocycles. The van der Waals surface area contributed by atoms with Gasteiger partial charge in [0.15, 0.2) is 0 Å². The van der Waals surface area contributed by atoms with Crippen molar-refractivity contribution in [1.29, 1.82) is 0 Å². The van der Waals surface area contributed by atoms with Gasteiger partial charge in [-0.05, 0) is 45.2 Å². The van der Waals surface area contributed by atoms with Gasteiger partial charge >= 0.3 is 0 Å². The SMILES string of the molecule is c1ccc2c(P3CC3)c3ccccc3cc2c1. The maximum absolute atomic E-state index is 2.33. The van der Waals surface area contributed by atoms with E-state index in [-0.39, 0.29) is 7.92 Å². The van der Waals surface area contributed by atoms with Crippen LogP contribution >= 0.6 is 7.92 Å². The minimum absolute atomic E-state index is 0.155. The van der Waals surface area contributed by atoms with E-state index in [1.54, 1.807) is 5.30 Å². The lowest BCUT2D eigenvalue weighted by Crippen LogP contribution is -1.99. The average molecular weight is 236 g/mol. The highest BCUT2D eigenvalue weighted by Crippen LogP contribution is 2.52. The molecule has 1 aliphatic rings. The molecule has 0 saturated carbocycles. The molecule has 0 N–H and O–H groups in total. The van der Waals surface area contributed by atoms with E-state index in [4.69, 9.17) is 0 Å². The first kappa shape index (κ1) is 9.62.